The topological polar surface area (TPSA) is 272 Å². The van der Waals surface area contributed by atoms with Crippen LogP contribution in [-0.4, -0.2) is 88.9 Å². The second-order valence-electron chi connectivity index (χ2n) is 9.56. The van der Waals surface area contributed by atoms with Crippen LogP contribution in [0.3, 0.4) is 0 Å². The van der Waals surface area contributed by atoms with E-state index in [1.165, 1.54) is 19.1 Å². The highest BCUT2D eigenvalue weighted by Crippen LogP contribution is 2.12. The molecule has 41 heavy (non-hydrogen) atoms. The van der Waals surface area contributed by atoms with Gasteiger partial charge in [-0.25, -0.2) is 0 Å². The largest absolute Gasteiger partial charge is 0.508 e. The average molecular weight is 580 g/mol. The number of benzene rings is 1. The zero-order chi connectivity index (χ0) is 31.3. The van der Waals surface area contributed by atoms with Crippen molar-refractivity contribution in [3.63, 3.8) is 0 Å². The van der Waals surface area contributed by atoms with Crippen molar-refractivity contribution in [3.8, 4) is 5.75 Å². The molecule has 0 saturated heterocycles. The molecule has 6 amide bonds. The molecule has 0 radical (unpaired) electrons. The number of phenols is 1. The van der Waals surface area contributed by atoms with Gasteiger partial charge in [-0.2, -0.15) is 0 Å². The number of hydrogen-bond acceptors (Lipinski definition) is 9. The molecule has 0 unspecified atom stereocenters. The van der Waals surface area contributed by atoms with Gasteiger partial charge in [0.1, 0.15) is 23.9 Å². The Morgan fingerprint density at radius 3 is 1.78 bits per heavy atom. The molecule has 0 aromatic heterocycles. The first-order chi connectivity index (χ1) is 19.1. The number of phenolic OH excluding ortho intramolecular Hbond substituents is 1. The maximum absolute atomic E-state index is 12.9. The van der Waals surface area contributed by atoms with E-state index in [9.17, 15) is 38.7 Å². The van der Waals surface area contributed by atoms with Crippen molar-refractivity contribution in [2.24, 2.45) is 17.4 Å². The first-order valence-electron chi connectivity index (χ1n) is 12.6. The molecule has 1 aromatic carbocycles. The van der Waals surface area contributed by atoms with Gasteiger partial charge in [-0.3, -0.25) is 33.6 Å². The first-order valence-corrected chi connectivity index (χ1v) is 12.6. The van der Waals surface area contributed by atoms with Gasteiger partial charge in [-0.15, -0.1) is 0 Å². The number of primary amides is 1. The van der Waals surface area contributed by atoms with Gasteiger partial charge < -0.3 is 48.3 Å². The first kappa shape index (κ1) is 34.3. The van der Waals surface area contributed by atoms with Crippen molar-refractivity contribution >= 4 is 41.4 Å². The van der Waals surface area contributed by atoms with Crippen molar-refractivity contribution in [2.75, 3.05) is 13.1 Å². The summed E-state index contributed by atoms with van der Waals surface area (Å²) in [6, 6.07) is 1.13. The lowest BCUT2D eigenvalue weighted by atomic mass is 10.0. The van der Waals surface area contributed by atoms with Crippen LogP contribution in [0, 0.1) is 5.92 Å². The highest BCUT2D eigenvalue weighted by atomic mass is 16.4. The van der Waals surface area contributed by atoms with Gasteiger partial charge in [0, 0.05) is 6.42 Å². The van der Waals surface area contributed by atoms with E-state index < -0.39 is 85.1 Å². The highest BCUT2D eigenvalue weighted by Gasteiger charge is 2.27. The lowest BCUT2D eigenvalue weighted by Crippen LogP contribution is -2.56. The number of carboxylic acid groups (broad SMARTS) is 1. The number of aliphatic carboxylic acids is 1. The fraction of sp³-hybridized carbons (Fsp3) is 0.480. The van der Waals surface area contributed by atoms with Gasteiger partial charge in [-0.1, -0.05) is 26.0 Å². The zero-order valence-corrected chi connectivity index (χ0v) is 22.9. The van der Waals surface area contributed by atoms with Gasteiger partial charge in [0.2, 0.25) is 35.4 Å². The molecular weight excluding hydrogens is 542 g/mol. The van der Waals surface area contributed by atoms with Gasteiger partial charge in [0.05, 0.1) is 25.6 Å². The number of hydrogen-bond donors (Lipinski definition) is 9. The normalized spacial score (nSPS) is 13.6. The minimum absolute atomic E-state index is 0.000443. The molecule has 0 bridgehead atoms. The molecule has 4 atom stereocenters. The van der Waals surface area contributed by atoms with Crippen LogP contribution in [0.5, 0.6) is 5.75 Å². The molecule has 11 N–H and O–H groups in total. The van der Waals surface area contributed by atoms with Crippen molar-refractivity contribution in [1.29, 1.82) is 0 Å². The van der Waals surface area contributed by atoms with Crippen LogP contribution < -0.4 is 38.1 Å². The van der Waals surface area contributed by atoms with Crippen LogP contribution in [0.2, 0.25) is 0 Å². The number of carboxylic acids is 1. The lowest BCUT2D eigenvalue weighted by molar-refractivity contribution is -0.141. The van der Waals surface area contributed by atoms with Gasteiger partial charge >= 0.3 is 5.97 Å². The standard InChI is InChI=1S/C25H37N7O9/c1-12(2)21(27)24(39)32-16(8-14-4-6-15(33)7-5-14)22(37)29-11-20(36)31-17(9-18(26)34)23(38)28-10-19(35)30-13(3)25(40)41/h4-7,12-13,16-17,21,33H,8-11,27H2,1-3H3,(H2,26,34)(H,28,38)(H,29,37)(H,30,35)(H,31,36)(H,32,39)(H,40,41)/t13-,16-,17-,21-/m0/s1. The van der Waals surface area contributed by atoms with Crippen LogP contribution in [0.1, 0.15) is 32.8 Å². The summed E-state index contributed by atoms with van der Waals surface area (Å²) in [6.07, 6.45) is -0.634. The molecule has 0 aliphatic rings. The Morgan fingerprint density at radius 2 is 1.29 bits per heavy atom. The zero-order valence-electron chi connectivity index (χ0n) is 22.9. The summed E-state index contributed by atoms with van der Waals surface area (Å²) in [5, 5.41) is 29.7. The molecule has 16 heteroatoms. The summed E-state index contributed by atoms with van der Waals surface area (Å²) in [5.41, 5.74) is 11.6. The Hall–Kier alpha value is -4.73. The van der Waals surface area contributed by atoms with E-state index in [-0.39, 0.29) is 18.1 Å². The molecule has 0 heterocycles. The van der Waals surface area contributed by atoms with Crippen LogP contribution >= 0.6 is 0 Å². The third kappa shape index (κ3) is 12.8. The molecule has 0 spiro atoms. The van der Waals surface area contributed by atoms with Gasteiger partial charge in [0.25, 0.3) is 0 Å². The third-order valence-corrected chi connectivity index (χ3v) is 5.68. The van der Waals surface area contributed by atoms with Crippen LogP contribution in [0.4, 0.5) is 0 Å². The predicted octanol–water partition coefficient (Wildman–Crippen LogP) is -3.42. The predicted molar refractivity (Wildman–Crippen MR) is 144 cm³/mol. The summed E-state index contributed by atoms with van der Waals surface area (Å²) in [4.78, 5) is 84.5. The van der Waals surface area contributed by atoms with E-state index in [4.69, 9.17) is 16.6 Å². The molecule has 0 saturated carbocycles. The number of aromatic hydroxyl groups is 1. The van der Waals surface area contributed by atoms with Crippen LogP contribution in [0.25, 0.3) is 0 Å². The monoisotopic (exact) mass is 579 g/mol. The van der Waals surface area contributed by atoms with Gasteiger partial charge in [0.15, 0.2) is 0 Å². The van der Waals surface area contributed by atoms with E-state index in [1.54, 1.807) is 26.0 Å². The minimum Gasteiger partial charge on any atom is -0.508 e. The van der Waals surface area contributed by atoms with E-state index in [0.717, 1.165) is 0 Å². The Balaban J connectivity index is 2.84. The molecule has 16 nitrogen and oxygen atoms in total. The van der Waals surface area contributed by atoms with Gasteiger partial charge in [-0.05, 0) is 30.5 Å². The number of carbonyl (C=O) groups is 7. The smallest absolute Gasteiger partial charge is 0.325 e. The lowest BCUT2D eigenvalue weighted by Gasteiger charge is -2.22. The van der Waals surface area contributed by atoms with Crippen molar-refractivity contribution < 1.29 is 43.8 Å². The molecule has 0 aliphatic heterocycles. The number of nitrogens with two attached hydrogens (primary N) is 2. The second-order valence-corrected chi connectivity index (χ2v) is 9.56. The summed E-state index contributed by atoms with van der Waals surface area (Å²) in [7, 11) is 0. The Labute approximate surface area is 236 Å². The average Bonchev–Trinajstić information content (AvgIpc) is 2.89. The van der Waals surface area contributed by atoms with Crippen molar-refractivity contribution in [2.45, 2.75) is 57.8 Å². The molecule has 1 rings (SSSR count). The maximum atomic E-state index is 12.9. The Kier molecular flexibility index (Phi) is 13.7. The summed E-state index contributed by atoms with van der Waals surface area (Å²) < 4.78 is 0. The molecular formula is C25H37N7O9. The highest BCUT2D eigenvalue weighted by molar-refractivity contribution is 5.96. The van der Waals surface area contributed by atoms with E-state index >= 15 is 0 Å². The third-order valence-electron chi connectivity index (χ3n) is 5.68. The number of carbonyl (C=O) groups excluding carboxylic acids is 6. The fourth-order valence-electron chi connectivity index (χ4n) is 3.24. The fourth-order valence-corrected chi connectivity index (χ4v) is 3.24. The second kappa shape index (κ2) is 16.4. The summed E-state index contributed by atoms with van der Waals surface area (Å²) >= 11 is 0. The SMILES string of the molecule is CC(C)[C@H](N)C(=O)N[C@@H](Cc1ccc(O)cc1)C(=O)NCC(=O)N[C@@H](CC(N)=O)C(=O)NCC(=O)N[C@@H](C)C(=O)O. The number of amides is 6. The van der Waals surface area contributed by atoms with Crippen LogP contribution in [0.15, 0.2) is 24.3 Å². The molecule has 1 aromatic rings. The van der Waals surface area contributed by atoms with Crippen molar-refractivity contribution in [1.82, 2.24) is 26.6 Å². The quantitative estimate of drug-likeness (QED) is 0.0935. The van der Waals surface area contributed by atoms with E-state index in [0.29, 0.717) is 5.56 Å². The van der Waals surface area contributed by atoms with Crippen LogP contribution in [-0.2, 0) is 40.0 Å². The van der Waals surface area contributed by atoms with E-state index in [2.05, 4.69) is 26.6 Å². The summed E-state index contributed by atoms with van der Waals surface area (Å²) in [6.45, 7) is 3.37. The van der Waals surface area contributed by atoms with E-state index in [1.807, 2.05) is 0 Å². The number of rotatable bonds is 16. The Morgan fingerprint density at radius 1 is 0.780 bits per heavy atom. The molecule has 0 aliphatic carbocycles. The maximum Gasteiger partial charge on any atom is 0.325 e. The Bertz CT molecular complexity index is 1120. The molecule has 0 fully saturated rings. The molecule has 226 valence electrons. The van der Waals surface area contributed by atoms with Crippen molar-refractivity contribution in [3.05, 3.63) is 29.8 Å². The summed E-state index contributed by atoms with van der Waals surface area (Å²) in [5.74, 6) is -6.49. The minimum atomic E-state index is -1.50. The number of nitrogens with one attached hydrogen (secondary N) is 5.